The highest BCUT2D eigenvalue weighted by molar-refractivity contribution is 7.94. The van der Waals surface area contributed by atoms with E-state index in [9.17, 15) is 18.5 Å². The Morgan fingerprint density at radius 1 is 0.933 bits per heavy atom. The van der Waals surface area contributed by atoms with Crippen molar-refractivity contribution in [3.63, 3.8) is 0 Å². The van der Waals surface area contributed by atoms with E-state index in [1.807, 2.05) is 19.1 Å². The fourth-order valence-corrected chi connectivity index (χ4v) is 5.11. The first-order valence-electron chi connectivity index (χ1n) is 9.50. The highest BCUT2D eigenvalue weighted by Gasteiger charge is 2.42. The molecule has 0 unspecified atom stereocenters. The van der Waals surface area contributed by atoms with Gasteiger partial charge in [0.25, 0.3) is 10.0 Å². The van der Waals surface area contributed by atoms with E-state index in [1.165, 1.54) is 11.0 Å². The van der Waals surface area contributed by atoms with Gasteiger partial charge in [0, 0.05) is 0 Å². The third kappa shape index (κ3) is 3.21. The normalized spacial score (nSPS) is 14.9. The van der Waals surface area contributed by atoms with Crippen LogP contribution in [0.3, 0.4) is 0 Å². The molecule has 3 aromatic rings. The lowest BCUT2D eigenvalue weighted by molar-refractivity contribution is 0.253. The third-order valence-electron chi connectivity index (χ3n) is 5.12. The summed E-state index contributed by atoms with van der Waals surface area (Å²) >= 11 is 0. The fraction of sp³-hybridized carbons (Fsp3) is 0.130. The second kappa shape index (κ2) is 7.65. The first-order chi connectivity index (χ1) is 14.5. The summed E-state index contributed by atoms with van der Waals surface area (Å²) in [6, 6.07) is 21.8. The van der Waals surface area contributed by atoms with Gasteiger partial charge in [-0.25, -0.2) is 13.2 Å². The monoisotopic (exact) mass is 417 g/mol. The highest BCUT2D eigenvalue weighted by Crippen LogP contribution is 2.38. The number of hydrogen-bond donors (Lipinski definition) is 0. The molecule has 3 aromatic carbocycles. The molecule has 0 saturated heterocycles. The van der Waals surface area contributed by atoms with Gasteiger partial charge in [0.15, 0.2) is 0 Å². The number of aryl methyl sites for hydroxylation is 1. The average Bonchev–Trinajstić information content (AvgIpc) is 2.77. The van der Waals surface area contributed by atoms with Gasteiger partial charge in [-0.1, -0.05) is 49.4 Å². The highest BCUT2D eigenvalue weighted by atomic mass is 32.2. The minimum Gasteiger partial charge on any atom is -0.287 e. The Morgan fingerprint density at radius 2 is 1.60 bits per heavy atom. The largest absolute Gasteiger partial charge is 0.343 e. The Hall–Kier alpha value is -3.63. The van der Waals surface area contributed by atoms with E-state index in [1.54, 1.807) is 54.6 Å². The van der Waals surface area contributed by atoms with Gasteiger partial charge in [0.1, 0.15) is 4.90 Å². The zero-order valence-corrected chi connectivity index (χ0v) is 17.1. The maximum Gasteiger partial charge on any atom is 0.343 e. The van der Waals surface area contributed by atoms with Crippen LogP contribution in [0.5, 0.6) is 0 Å². The molecule has 1 heterocycles. The van der Waals surface area contributed by atoms with Crippen molar-refractivity contribution in [3.8, 4) is 6.07 Å². The molecule has 0 aliphatic carbocycles. The molecule has 0 saturated carbocycles. The van der Waals surface area contributed by atoms with Crippen LogP contribution in [0, 0.1) is 11.3 Å². The van der Waals surface area contributed by atoms with Crippen LogP contribution in [-0.4, -0.2) is 14.4 Å². The molecule has 0 fully saturated rings. The van der Waals surface area contributed by atoms with Gasteiger partial charge in [0.05, 0.1) is 29.6 Å². The van der Waals surface area contributed by atoms with E-state index in [0.29, 0.717) is 16.8 Å². The van der Waals surface area contributed by atoms with Crippen molar-refractivity contribution in [1.82, 2.24) is 0 Å². The molecule has 0 radical (unpaired) electrons. The predicted octanol–water partition coefficient (Wildman–Crippen LogP) is 4.46. The van der Waals surface area contributed by atoms with E-state index in [4.69, 9.17) is 0 Å². The van der Waals surface area contributed by atoms with E-state index >= 15 is 0 Å². The standard InChI is InChI=1S/C23H19N3O3S/c1-2-17-11-13-20(14-12-17)26-23(27)25(16-19-8-4-3-7-18(19)15-24)21-9-5-6-10-22(21)30(26,28)29/h3-14H,2,16H2,1H3. The Morgan fingerprint density at radius 3 is 2.30 bits per heavy atom. The minimum atomic E-state index is -4.07. The number of amides is 2. The average molecular weight is 417 g/mol. The second-order valence-corrected chi connectivity index (χ2v) is 8.65. The summed E-state index contributed by atoms with van der Waals surface area (Å²) in [5, 5.41) is 9.41. The molecule has 0 bridgehead atoms. The van der Waals surface area contributed by atoms with Crippen molar-refractivity contribution in [3.05, 3.63) is 89.5 Å². The van der Waals surface area contributed by atoms with Gasteiger partial charge in [-0.3, -0.25) is 4.90 Å². The SMILES string of the molecule is CCc1ccc(N2C(=O)N(Cc3ccccc3C#N)c3ccccc3S2(=O)=O)cc1. The van der Waals surface area contributed by atoms with Crippen molar-refractivity contribution in [2.45, 2.75) is 24.8 Å². The first-order valence-corrected chi connectivity index (χ1v) is 10.9. The van der Waals surface area contributed by atoms with Crippen molar-refractivity contribution >= 4 is 27.4 Å². The number of hydrogen-bond acceptors (Lipinski definition) is 4. The Balaban J connectivity index is 1.86. The zero-order valence-electron chi connectivity index (χ0n) is 16.3. The quantitative estimate of drug-likeness (QED) is 0.628. The minimum absolute atomic E-state index is 0.0543. The zero-order chi connectivity index (χ0) is 21.3. The lowest BCUT2D eigenvalue weighted by Crippen LogP contribution is -2.50. The number of rotatable bonds is 4. The molecule has 1 aliphatic rings. The van der Waals surface area contributed by atoms with Gasteiger partial charge < -0.3 is 0 Å². The topological polar surface area (TPSA) is 81.5 Å². The van der Waals surface area contributed by atoms with E-state index in [2.05, 4.69) is 6.07 Å². The number of nitriles is 1. The Labute approximate surface area is 175 Å². The number of carbonyl (C=O) groups is 1. The van der Waals surface area contributed by atoms with Crippen LogP contribution in [0.2, 0.25) is 0 Å². The second-order valence-electron chi connectivity index (χ2n) is 6.89. The summed E-state index contributed by atoms with van der Waals surface area (Å²) in [5.41, 5.74) is 2.71. The molecular formula is C23H19N3O3S. The van der Waals surface area contributed by atoms with Crippen molar-refractivity contribution in [2.75, 3.05) is 9.21 Å². The molecule has 1 aliphatic heterocycles. The molecule has 0 N–H and O–H groups in total. The van der Waals surface area contributed by atoms with Crippen LogP contribution < -0.4 is 9.21 Å². The Bertz CT molecular complexity index is 1260. The smallest absolute Gasteiger partial charge is 0.287 e. The van der Waals surface area contributed by atoms with Crippen molar-refractivity contribution < 1.29 is 13.2 Å². The van der Waals surface area contributed by atoms with Crippen LogP contribution in [0.15, 0.2) is 77.7 Å². The number of carbonyl (C=O) groups excluding carboxylic acids is 1. The molecule has 0 aromatic heterocycles. The predicted molar refractivity (Wildman–Crippen MR) is 115 cm³/mol. The number of nitrogens with zero attached hydrogens (tertiary/aromatic N) is 3. The molecule has 6 nitrogen and oxygen atoms in total. The molecule has 7 heteroatoms. The molecule has 2 amide bonds. The summed E-state index contributed by atoms with van der Waals surface area (Å²) in [4.78, 5) is 14.9. The summed E-state index contributed by atoms with van der Waals surface area (Å²) in [7, 11) is -4.07. The van der Waals surface area contributed by atoms with Gasteiger partial charge in [-0.05, 0) is 47.9 Å². The molecule has 30 heavy (non-hydrogen) atoms. The fourth-order valence-electron chi connectivity index (χ4n) is 3.52. The van der Waals surface area contributed by atoms with E-state index < -0.39 is 16.1 Å². The van der Waals surface area contributed by atoms with E-state index in [0.717, 1.165) is 16.3 Å². The van der Waals surface area contributed by atoms with Crippen LogP contribution >= 0.6 is 0 Å². The van der Waals surface area contributed by atoms with Crippen molar-refractivity contribution in [1.29, 1.82) is 5.26 Å². The van der Waals surface area contributed by atoms with Crippen LogP contribution in [0.25, 0.3) is 0 Å². The lowest BCUT2D eigenvalue weighted by Gasteiger charge is -2.36. The van der Waals surface area contributed by atoms with Crippen LogP contribution in [-0.2, 0) is 23.0 Å². The summed E-state index contributed by atoms with van der Waals surface area (Å²) in [6.07, 6.45) is 0.806. The van der Waals surface area contributed by atoms with Crippen LogP contribution in [0.4, 0.5) is 16.2 Å². The summed E-state index contributed by atoms with van der Waals surface area (Å²) in [6.45, 7) is 2.08. The number of sulfonamides is 1. The first kappa shape index (κ1) is 19.7. The summed E-state index contributed by atoms with van der Waals surface area (Å²) < 4.78 is 27.5. The molecule has 0 spiro atoms. The van der Waals surface area contributed by atoms with Gasteiger partial charge in [-0.15, -0.1) is 0 Å². The number of fused-ring (bicyclic) bond motifs is 1. The molecule has 150 valence electrons. The third-order valence-corrected chi connectivity index (χ3v) is 6.87. The van der Waals surface area contributed by atoms with E-state index in [-0.39, 0.29) is 17.1 Å². The number of benzene rings is 3. The Kier molecular flexibility index (Phi) is 5.02. The number of urea groups is 1. The van der Waals surface area contributed by atoms with Crippen LogP contribution in [0.1, 0.15) is 23.6 Å². The number of para-hydroxylation sites is 1. The molecule has 0 atom stereocenters. The number of anilines is 2. The van der Waals surface area contributed by atoms with Gasteiger partial charge in [0.2, 0.25) is 0 Å². The van der Waals surface area contributed by atoms with Gasteiger partial charge in [-0.2, -0.15) is 9.57 Å². The maximum atomic E-state index is 13.5. The molecular weight excluding hydrogens is 398 g/mol. The van der Waals surface area contributed by atoms with Gasteiger partial charge >= 0.3 is 6.03 Å². The maximum absolute atomic E-state index is 13.5. The van der Waals surface area contributed by atoms with Crippen molar-refractivity contribution in [2.24, 2.45) is 0 Å². The molecule has 4 rings (SSSR count). The lowest BCUT2D eigenvalue weighted by atomic mass is 10.1. The summed E-state index contributed by atoms with van der Waals surface area (Å²) in [5.74, 6) is 0.